The summed E-state index contributed by atoms with van der Waals surface area (Å²) in [4.78, 5) is 0. The third kappa shape index (κ3) is 3.42. The molecule has 0 fully saturated rings. The Labute approximate surface area is 163 Å². The van der Waals surface area contributed by atoms with E-state index in [4.69, 9.17) is 21.4 Å². The van der Waals surface area contributed by atoms with Crippen LogP contribution in [0.15, 0.2) is 95.4 Å². The van der Waals surface area contributed by atoms with Crippen molar-refractivity contribution in [3.8, 4) is 39.3 Å². The lowest BCUT2D eigenvalue weighted by Crippen LogP contribution is -1.91. The van der Waals surface area contributed by atoms with Crippen LogP contribution < -0.4 is 4.74 Å². The van der Waals surface area contributed by atoms with Gasteiger partial charge in [-0.3, -0.25) is 0 Å². The Morgan fingerprint density at radius 3 is 1.96 bits per heavy atom. The van der Waals surface area contributed by atoms with Gasteiger partial charge in [0, 0.05) is 5.56 Å². The second-order valence-electron chi connectivity index (χ2n) is 6.12. The molecule has 3 heteroatoms. The summed E-state index contributed by atoms with van der Waals surface area (Å²) in [6.45, 7) is 0. The van der Waals surface area contributed by atoms with Gasteiger partial charge in [0.15, 0.2) is 4.71 Å². The average Bonchev–Trinajstić information content (AvgIpc) is 2.74. The summed E-state index contributed by atoms with van der Waals surface area (Å²) in [5, 5.41) is 0. The Morgan fingerprint density at radius 1 is 0.704 bits per heavy atom. The molecule has 0 amide bonds. The Bertz CT molecular complexity index is 1120. The van der Waals surface area contributed by atoms with E-state index >= 15 is 0 Å². The molecule has 0 radical (unpaired) electrons. The minimum atomic E-state index is 0.462. The van der Waals surface area contributed by atoms with Gasteiger partial charge in [-0.2, -0.15) is 0 Å². The third-order valence-corrected chi connectivity index (χ3v) is 4.76. The largest absolute Gasteiger partial charge is 0.496 e. The maximum absolute atomic E-state index is 6.09. The van der Waals surface area contributed by atoms with E-state index in [2.05, 4.69) is 24.3 Å². The van der Waals surface area contributed by atoms with E-state index in [9.17, 15) is 0 Å². The van der Waals surface area contributed by atoms with Crippen LogP contribution in [0.4, 0.5) is 0 Å². The van der Waals surface area contributed by atoms with Gasteiger partial charge >= 0.3 is 0 Å². The molecule has 0 bridgehead atoms. The number of ether oxygens (including phenoxy) is 1. The highest BCUT2D eigenvalue weighted by Crippen LogP contribution is 2.39. The first-order chi connectivity index (χ1) is 13.3. The average molecular weight is 370 g/mol. The fourth-order valence-electron chi connectivity index (χ4n) is 3.20. The smallest absolute Gasteiger partial charge is 0.199 e. The number of methoxy groups -OCH3 is 1. The SMILES string of the molecule is COc1ccccc1-c1cc(-c2ccccc2)c(-c2ccccc2)c(=S)o1. The van der Waals surface area contributed by atoms with Gasteiger partial charge < -0.3 is 9.15 Å². The minimum absolute atomic E-state index is 0.462. The predicted molar refractivity (Wildman–Crippen MR) is 112 cm³/mol. The van der Waals surface area contributed by atoms with Crippen molar-refractivity contribution in [2.75, 3.05) is 7.11 Å². The van der Waals surface area contributed by atoms with Gasteiger partial charge in [0.05, 0.1) is 12.7 Å². The normalized spacial score (nSPS) is 10.6. The highest BCUT2D eigenvalue weighted by Gasteiger charge is 2.16. The first-order valence-electron chi connectivity index (χ1n) is 8.70. The molecule has 0 aliphatic heterocycles. The number of hydrogen-bond donors (Lipinski definition) is 0. The van der Waals surface area contributed by atoms with E-state index < -0.39 is 0 Å². The second-order valence-corrected chi connectivity index (χ2v) is 6.49. The molecule has 0 spiro atoms. The monoisotopic (exact) mass is 370 g/mol. The second kappa shape index (κ2) is 7.60. The van der Waals surface area contributed by atoms with Crippen LogP contribution in [0.25, 0.3) is 33.6 Å². The van der Waals surface area contributed by atoms with E-state index in [1.807, 2.05) is 66.7 Å². The van der Waals surface area contributed by atoms with Crippen LogP contribution in [-0.2, 0) is 0 Å². The van der Waals surface area contributed by atoms with Gasteiger partial charge in [-0.1, -0.05) is 72.8 Å². The molecule has 2 nitrogen and oxygen atoms in total. The Hall–Kier alpha value is -3.17. The van der Waals surface area contributed by atoms with Crippen LogP contribution in [-0.4, -0.2) is 7.11 Å². The van der Waals surface area contributed by atoms with Crippen molar-refractivity contribution >= 4 is 12.2 Å². The first-order valence-corrected chi connectivity index (χ1v) is 9.11. The van der Waals surface area contributed by atoms with Crippen molar-refractivity contribution < 1.29 is 9.15 Å². The van der Waals surface area contributed by atoms with E-state index in [1.54, 1.807) is 7.11 Å². The fraction of sp³-hybridized carbons (Fsp3) is 0.0417. The molecule has 0 saturated heterocycles. The molecule has 0 unspecified atom stereocenters. The molecular weight excluding hydrogens is 352 g/mol. The molecule has 27 heavy (non-hydrogen) atoms. The van der Waals surface area contributed by atoms with Gasteiger partial charge in [-0.15, -0.1) is 0 Å². The van der Waals surface area contributed by atoms with Crippen LogP contribution in [0.1, 0.15) is 0 Å². The maximum Gasteiger partial charge on any atom is 0.199 e. The van der Waals surface area contributed by atoms with Crippen LogP contribution in [0.3, 0.4) is 0 Å². The minimum Gasteiger partial charge on any atom is -0.496 e. The lowest BCUT2D eigenvalue weighted by atomic mass is 9.95. The van der Waals surface area contributed by atoms with E-state index in [0.29, 0.717) is 10.5 Å². The molecule has 0 aliphatic carbocycles. The van der Waals surface area contributed by atoms with Crippen LogP contribution >= 0.6 is 12.2 Å². The number of hydrogen-bond acceptors (Lipinski definition) is 3. The van der Waals surface area contributed by atoms with Crippen molar-refractivity contribution in [3.05, 3.63) is 95.7 Å². The number of para-hydroxylation sites is 1. The highest BCUT2D eigenvalue weighted by molar-refractivity contribution is 7.71. The van der Waals surface area contributed by atoms with Crippen molar-refractivity contribution in [1.29, 1.82) is 0 Å². The van der Waals surface area contributed by atoms with Crippen LogP contribution in [0, 0.1) is 4.71 Å². The summed E-state index contributed by atoms with van der Waals surface area (Å²) in [5.41, 5.74) is 4.98. The topological polar surface area (TPSA) is 22.4 Å². The van der Waals surface area contributed by atoms with E-state index in [1.165, 1.54) is 0 Å². The quantitative estimate of drug-likeness (QED) is 0.360. The zero-order chi connectivity index (χ0) is 18.6. The third-order valence-electron chi connectivity index (χ3n) is 4.47. The van der Waals surface area contributed by atoms with Gasteiger partial charge in [0.1, 0.15) is 11.5 Å². The molecule has 0 aliphatic rings. The zero-order valence-corrected chi connectivity index (χ0v) is 15.7. The molecule has 1 heterocycles. The molecular formula is C24H18O2S. The summed E-state index contributed by atoms with van der Waals surface area (Å²) in [7, 11) is 1.66. The summed E-state index contributed by atoms with van der Waals surface area (Å²) < 4.78 is 12.1. The fourth-order valence-corrected chi connectivity index (χ4v) is 3.52. The Kier molecular flexibility index (Phi) is 4.86. The molecule has 0 N–H and O–H groups in total. The number of benzene rings is 3. The van der Waals surface area contributed by atoms with Gasteiger partial charge in [-0.25, -0.2) is 0 Å². The first kappa shape index (κ1) is 17.3. The predicted octanol–water partition coefficient (Wildman–Crippen LogP) is 7.02. The van der Waals surface area contributed by atoms with Crippen molar-refractivity contribution in [3.63, 3.8) is 0 Å². The molecule has 4 aromatic rings. The van der Waals surface area contributed by atoms with Crippen molar-refractivity contribution in [2.45, 2.75) is 0 Å². The molecule has 132 valence electrons. The van der Waals surface area contributed by atoms with E-state index in [-0.39, 0.29) is 0 Å². The summed E-state index contributed by atoms with van der Waals surface area (Å²) in [6, 6.07) is 30.2. The summed E-state index contributed by atoms with van der Waals surface area (Å²) in [5.74, 6) is 1.44. The molecule has 0 atom stereocenters. The maximum atomic E-state index is 6.09. The highest BCUT2D eigenvalue weighted by atomic mass is 32.1. The Morgan fingerprint density at radius 2 is 1.30 bits per heavy atom. The number of rotatable bonds is 4. The standard InChI is InChI=1S/C24H18O2S/c1-25-21-15-9-8-14-19(21)22-16-20(17-10-4-2-5-11-17)23(24(27)26-22)18-12-6-3-7-13-18/h2-16H,1H3. The molecule has 4 rings (SSSR count). The summed E-state index contributed by atoms with van der Waals surface area (Å²) in [6.07, 6.45) is 0. The van der Waals surface area contributed by atoms with Gasteiger partial charge in [0.2, 0.25) is 0 Å². The van der Waals surface area contributed by atoms with Crippen molar-refractivity contribution in [2.24, 2.45) is 0 Å². The lowest BCUT2D eigenvalue weighted by Gasteiger charge is -2.14. The van der Waals surface area contributed by atoms with Gasteiger partial charge in [-0.05, 0) is 47.1 Å². The van der Waals surface area contributed by atoms with E-state index in [0.717, 1.165) is 33.6 Å². The molecule has 0 saturated carbocycles. The Balaban J connectivity index is 2.01. The molecule has 1 aromatic heterocycles. The summed E-state index contributed by atoms with van der Waals surface area (Å²) >= 11 is 5.68. The van der Waals surface area contributed by atoms with Crippen molar-refractivity contribution in [1.82, 2.24) is 0 Å². The van der Waals surface area contributed by atoms with Gasteiger partial charge in [0.25, 0.3) is 0 Å². The van der Waals surface area contributed by atoms with Crippen LogP contribution in [0.2, 0.25) is 0 Å². The zero-order valence-electron chi connectivity index (χ0n) is 14.9. The molecule has 3 aromatic carbocycles. The van der Waals surface area contributed by atoms with Crippen LogP contribution in [0.5, 0.6) is 5.75 Å². The lowest BCUT2D eigenvalue weighted by molar-refractivity contribution is 0.414.